The first-order valence-corrected chi connectivity index (χ1v) is 7.16. The quantitative estimate of drug-likeness (QED) is 0.812. The Bertz CT molecular complexity index is 615. The van der Waals surface area contributed by atoms with Gasteiger partial charge in [0.15, 0.2) is 0 Å². The number of anilines is 2. The van der Waals surface area contributed by atoms with Crippen molar-refractivity contribution in [3.05, 3.63) is 28.9 Å². The van der Waals surface area contributed by atoms with Crippen molar-refractivity contribution < 1.29 is 5.11 Å². The Labute approximate surface area is 120 Å². The molecule has 5 heteroatoms. The molecule has 3 rings (SSSR count). The van der Waals surface area contributed by atoms with Gasteiger partial charge in [0.1, 0.15) is 0 Å². The minimum Gasteiger partial charge on any atom is -0.396 e. The number of hydrogen-bond donors (Lipinski definition) is 3. The predicted molar refractivity (Wildman–Crippen MR) is 81.1 cm³/mol. The van der Waals surface area contributed by atoms with Crippen LogP contribution in [0.2, 0.25) is 0 Å². The second-order valence-electron chi connectivity index (χ2n) is 5.17. The SMILES string of the molecule is Nc1cnc2ccc(Br)cc2c1NC1(CO)CCC1. The zero-order valence-electron chi connectivity index (χ0n) is 10.5. The highest BCUT2D eigenvalue weighted by Crippen LogP contribution is 2.39. The maximum atomic E-state index is 9.59. The molecule has 0 spiro atoms. The summed E-state index contributed by atoms with van der Waals surface area (Å²) in [7, 11) is 0. The van der Waals surface area contributed by atoms with E-state index < -0.39 is 0 Å². The van der Waals surface area contributed by atoms with Gasteiger partial charge in [0, 0.05) is 9.86 Å². The molecular formula is C14H16BrN3O. The van der Waals surface area contributed by atoms with Gasteiger partial charge in [-0.05, 0) is 37.5 Å². The van der Waals surface area contributed by atoms with Crippen LogP contribution in [0.5, 0.6) is 0 Å². The van der Waals surface area contributed by atoms with Crippen LogP contribution in [0, 0.1) is 0 Å². The molecule has 0 amide bonds. The van der Waals surface area contributed by atoms with Crippen LogP contribution in [0.15, 0.2) is 28.9 Å². The summed E-state index contributed by atoms with van der Waals surface area (Å²) in [6.07, 6.45) is 4.75. The first kappa shape index (κ1) is 12.7. The summed E-state index contributed by atoms with van der Waals surface area (Å²) in [6, 6.07) is 5.92. The van der Waals surface area contributed by atoms with Crippen LogP contribution < -0.4 is 11.1 Å². The van der Waals surface area contributed by atoms with Crippen LogP contribution in [-0.2, 0) is 0 Å². The lowest BCUT2D eigenvalue weighted by atomic mass is 9.77. The summed E-state index contributed by atoms with van der Waals surface area (Å²) < 4.78 is 0.988. The average molecular weight is 322 g/mol. The maximum Gasteiger partial charge on any atom is 0.0743 e. The second kappa shape index (κ2) is 4.65. The zero-order chi connectivity index (χ0) is 13.5. The Morgan fingerprint density at radius 3 is 2.84 bits per heavy atom. The summed E-state index contributed by atoms with van der Waals surface area (Å²) in [5.74, 6) is 0. The van der Waals surface area contributed by atoms with E-state index in [1.165, 1.54) is 0 Å². The first-order chi connectivity index (χ1) is 9.13. The van der Waals surface area contributed by atoms with Gasteiger partial charge < -0.3 is 16.2 Å². The van der Waals surface area contributed by atoms with Gasteiger partial charge in [0.25, 0.3) is 0 Å². The summed E-state index contributed by atoms with van der Waals surface area (Å²) in [4.78, 5) is 4.33. The van der Waals surface area contributed by atoms with Crippen molar-refractivity contribution in [2.75, 3.05) is 17.7 Å². The fourth-order valence-corrected chi connectivity index (χ4v) is 2.87. The van der Waals surface area contributed by atoms with E-state index in [0.29, 0.717) is 5.69 Å². The van der Waals surface area contributed by atoms with E-state index in [4.69, 9.17) is 5.73 Å². The molecule has 1 aliphatic rings. The molecule has 0 radical (unpaired) electrons. The molecule has 1 fully saturated rings. The highest BCUT2D eigenvalue weighted by atomic mass is 79.9. The van der Waals surface area contributed by atoms with E-state index in [0.717, 1.165) is 40.3 Å². The van der Waals surface area contributed by atoms with Crippen molar-refractivity contribution in [1.29, 1.82) is 0 Å². The Morgan fingerprint density at radius 2 is 2.21 bits per heavy atom. The molecule has 1 saturated carbocycles. The van der Waals surface area contributed by atoms with Gasteiger partial charge in [-0.2, -0.15) is 0 Å². The summed E-state index contributed by atoms with van der Waals surface area (Å²) >= 11 is 3.47. The van der Waals surface area contributed by atoms with Crippen LogP contribution in [0.4, 0.5) is 11.4 Å². The zero-order valence-corrected chi connectivity index (χ0v) is 12.1. The molecule has 0 atom stereocenters. The molecule has 0 bridgehead atoms. The number of pyridine rings is 1. The topological polar surface area (TPSA) is 71.2 Å². The van der Waals surface area contributed by atoms with Crippen molar-refractivity contribution in [1.82, 2.24) is 4.98 Å². The van der Waals surface area contributed by atoms with Crippen LogP contribution in [-0.4, -0.2) is 22.2 Å². The lowest BCUT2D eigenvalue weighted by Gasteiger charge is -2.42. The van der Waals surface area contributed by atoms with E-state index >= 15 is 0 Å². The lowest BCUT2D eigenvalue weighted by Crippen LogP contribution is -2.48. The normalized spacial score (nSPS) is 17.2. The standard InChI is InChI=1S/C14H16BrN3O/c15-9-2-3-12-10(6-9)13(11(16)7-17-12)18-14(8-19)4-1-5-14/h2-3,6-7,19H,1,4-5,8,16H2,(H,17,18). The lowest BCUT2D eigenvalue weighted by molar-refractivity contribution is 0.144. The van der Waals surface area contributed by atoms with Gasteiger partial charge in [0.05, 0.1) is 35.2 Å². The molecule has 2 aromatic rings. The highest BCUT2D eigenvalue weighted by molar-refractivity contribution is 9.10. The van der Waals surface area contributed by atoms with Gasteiger partial charge >= 0.3 is 0 Å². The number of aromatic nitrogens is 1. The van der Waals surface area contributed by atoms with Gasteiger partial charge in [0.2, 0.25) is 0 Å². The van der Waals surface area contributed by atoms with Crippen molar-refractivity contribution in [3.63, 3.8) is 0 Å². The van der Waals surface area contributed by atoms with Gasteiger partial charge in [-0.3, -0.25) is 4.98 Å². The number of nitrogens with two attached hydrogens (primary N) is 1. The number of nitrogens with one attached hydrogen (secondary N) is 1. The Kier molecular flexibility index (Phi) is 3.11. The number of rotatable bonds is 3. The monoisotopic (exact) mass is 321 g/mol. The number of halogens is 1. The third-order valence-corrected chi connectivity index (χ3v) is 4.36. The Balaban J connectivity index is 2.10. The number of nitrogen functional groups attached to an aromatic ring is 1. The van der Waals surface area contributed by atoms with Crippen molar-refractivity contribution in [2.24, 2.45) is 0 Å². The molecule has 4 N–H and O–H groups in total. The van der Waals surface area contributed by atoms with Crippen LogP contribution in [0.3, 0.4) is 0 Å². The Morgan fingerprint density at radius 1 is 1.42 bits per heavy atom. The number of hydrogen-bond acceptors (Lipinski definition) is 4. The number of aliphatic hydroxyl groups excluding tert-OH is 1. The summed E-state index contributed by atoms with van der Waals surface area (Å²) in [5.41, 5.74) is 8.22. The number of benzene rings is 1. The number of fused-ring (bicyclic) bond motifs is 1. The molecule has 4 nitrogen and oxygen atoms in total. The number of aliphatic hydroxyl groups is 1. The van der Waals surface area contributed by atoms with Gasteiger partial charge in [-0.15, -0.1) is 0 Å². The largest absolute Gasteiger partial charge is 0.396 e. The average Bonchev–Trinajstić information content (AvgIpc) is 2.36. The third-order valence-electron chi connectivity index (χ3n) is 3.86. The number of nitrogens with zero attached hydrogens (tertiary/aromatic N) is 1. The van der Waals surface area contributed by atoms with E-state index in [1.807, 2.05) is 18.2 Å². The highest BCUT2D eigenvalue weighted by Gasteiger charge is 2.36. The van der Waals surface area contributed by atoms with Crippen LogP contribution in [0.25, 0.3) is 10.9 Å². The van der Waals surface area contributed by atoms with Crippen LogP contribution in [0.1, 0.15) is 19.3 Å². The first-order valence-electron chi connectivity index (χ1n) is 6.36. The Hall–Kier alpha value is -1.33. The van der Waals surface area contributed by atoms with E-state index in [-0.39, 0.29) is 12.1 Å². The molecule has 0 aliphatic heterocycles. The van der Waals surface area contributed by atoms with E-state index in [9.17, 15) is 5.11 Å². The predicted octanol–water partition coefficient (Wildman–Crippen LogP) is 2.91. The van der Waals surface area contributed by atoms with Gasteiger partial charge in [-0.1, -0.05) is 15.9 Å². The summed E-state index contributed by atoms with van der Waals surface area (Å²) in [5, 5.41) is 14.0. The molecule has 1 aromatic heterocycles. The molecule has 1 aromatic carbocycles. The molecular weight excluding hydrogens is 306 g/mol. The molecule has 100 valence electrons. The third kappa shape index (κ3) is 2.17. The fourth-order valence-electron chi connectivity index (χ4n) is 2.51. The smallest absolute Gasteiger partial charge is 0.0743 e. The molecule has 1 heterocycles. The van der Waals surface area contributed by atoms with Crippen molar-refractivity contribution in [2.45, 2.75) is 24.8 Å². The van der Waals surface area contributed by atoms with E-state index in [1.54, 1.807) is 6.20 Å². The molecule has 0 saturated heterocycles. The fraction of sp³-hybridized carbons (Fsp3) is 0.357. The molecule has 0 unspecified atom stereocenters. The van der Waals surface area contributed by atoms with Crippen molar-refractivity contribution >= 4 is 38.2 Å². The second-order valence-corrected chi connectivity index (χ2v) is 6.08. The maximum absolute atomic E-state index is 9.59. The van der Waals surface area contributed by atoms with Crippen LogP contribution >= 0.6 is 15.9 Å². The van der Waals surface area contributed by atoms with Gasteiger partial charge in [-0.25, -0.2) is 0 Å². The summed E-state index contributed by atoms with van der Waals surface area (Å²) in [6.45, 7) is 0.129. The molecule has 19 heavy (non-hydrogen) atoms. The van der Waals surface area contributed by atoms with E-state index in [2.05, 4.69) is 26.2 Å². The van der Waals surface area contributed by atoms with Crippen molar-refractivity contribution in [3.8, 4) is 0 Å². The minimum absolute atomic E-state index is 0.129. The minimum atomic E-state index is -0.218. The molecule has 1 aliphatic carbocycles.